The third-order valence-electron chi connectivity index (χ3n) is 3.78. The molecule has 0 aliphatic rings. The van der Waals surface area contributed by atoms with E-state index >= 15 is 0 Å². The molecule has 0 heterocycles. The van der Waals surface area contributed by atoms with E-state index in [2.05, 4.69) is 11.4 Å². The maximum Gasteiger partial charge on any atom is 0.260 e. The number of nitrogens with one attached hydrogen (secondary N) is 1. The van der Waals surface area contributed by atoms with Gasteiger partial charge >= 0.3 is 0 Å². The highest BCUT2D eigenvalue weighted by Gasteiger charge is 2.13. The Labute approximate surface area is 143 Å². The summed E-state index contributed by atoms with van der Waals surface area (Å²) in [6.45, 7) is 4.40. The maximum absolute atomic E-state index is 12.1. The van der Waals surface area contributed by atoms with Gasteiger partial charge in [-0.25, -0.2) is 0 Å². The minimum absolute atomic E-state index is 0.0961. The largest absolute Gasteiger partial charge is 0.497 e. The molecule has 2 aromatic carbocycles. The van der Waals surface area contributed by atoms with Crippen LogP contribution in [0.4, 0.5) is 0 Å². The van der Waals surface area contributed by atoms with Crippen LogP contribution in [-0.2, 0) is 11.2 Å². The quantitative estimate of drug-likeness (QED) is 0.755. The van der Waals surface area contributed by atoms with E-state index in [1.165, 1.54) is 5.56 Å². The monoisotopic (exact) mass is 327 g/mol. The van der Waals surface area contributed by atoms with Crippen LogP contribution in [0.5, 0.6) is 11.5 Å². The standard InChI is InChI=1S/C20H25NO3/c1-15-9-11-18(12-10-15)24-16(2)20(22)21-13-5-7-17-6-4-8-19(14-17)23-3/h4,6,8-12,14,16H,5,7,13H2,1-3H3,(H,21,22). The highest BCUT2D eigenvalue weighted by molar-refractivity contribution is 5.80. The van der Waals surface area contributed by atoms with E-state index in [-0.39, 0.29) is 5.91 Å². The fraction of sp³-hybridized carbons (Fsp3) is 0.350. The van der Waals surface area contributed by atoms with Gasteiger partial charge in [0.05, 0.1) is 7.11 Å². The van der Waals surface area contributed by atoms with Crippen LogP contribution in [0, 0.1) is 6.92 Å². The summed E-state index contributed by atoms with van der Waals surface area (Å²) in [6, 6.07) is 15.7. The third-order valence-corrected chi connectivity index (χ3v) is 3.78. The summed E-state index contributed by atoms with van der Waals surface area (Å²) in [5.41, 5.74) is 2.37. The molecule has 1 atom stereocenters. The molecule has 2 rings (SSSR count). The van der Waals surface area contributed by atoms with Crippen LogP contribution in [0.25, 0.3) is 0 Å². The van der Waals surface area contributed by atoms with Gasteiger partial charge < -0.3 is 14.8 Å². The van der Waals surface area contributed by atoms with Crippen molar-refractivity contribution in [2.45, 2.75) is 32.8 Å². The van der Waals surface area contributed by atoms with Gasteiger partial charge in [0.15, 0.2) is 6.10 Å². The number of amides is 1. The Bertz CT molecular complexity index is 652. The molecule has 4 heteroatoms. The molecule has 0 fully saturated rings. The van der Waals surface area contributed by atoms with Crippen molar-refractivity contribution in [2.24, 2.45) is 0 Å². The smallest absolute Gasteiger partial charge is 0.260 e. The van der Waals surface area contributed by atoms with Crippen LogP contribution in [0.3, 0.4) is 0 Å². The lowest BCUT2D eigenvalue weighted by molar-refractivity contribution is -0.127. The minimum atomic E-state index is -0.510. The average Bonchev–Trinajstić information content (AvgIpc) is 2.60. The van der Waals surface area contributed by atoms with Gasteiger partial charge in [0.2, 0.25) is 0 Å². The molecule has 0 aliphatic carbocycles. The molecule has 0 spiro atoms. The van der Waals surface area contributed by atoms with Crippen molar-refractivity contribution in [3.05, 3.63) is 59.7 Å². The predicted octanol–water partition coefficient (Wildman–Crippen LogP) is 3.52. The average molecular weight is 327 g/mol. The minimum Gasteiger partial charge on any atom is -0.497 e. The summed E-state index contributed by atoms with van der Waals surface area (Å²) in [5.74, 6) is 1.47. The first-order valence-electron chi connectivity index (χ1n) is 8.22. The second-order valence-electron chi connectivity index (χ2n) is 5.82. The van der Waals surface area contributed by atoms with Gasteiger partial charge in [0, 0.05) is 6.54 Å². The van der Waals surface area contributed by atoms with E-state index in [0.717, 1.165) is 24.2 Å². The zero-order valence-corrected chi connectivity index (χ0v) is 14.5. The molecule has 0 aliphatic heterocycles. The van der Waals surface area contributed by atoms with Crippen LogP contribution in [0.15, 0.2) is 48.5 Å². The Morgan fingerprint density at radius 1 is 1.12 bits per heavy atom. The molecule has 128 valence electrons. The fourth-order valence-corrected chi connectivity index (χ4v) is 2.35. The first-order chi connectivity index (χ1) is 11.6. The Balaban J connectivity index is 1.71. The second-order valence-corrected chi connectivity index (χ2v) is 5.82. The lowest BCUT2D eigenvalue weighted by Gasteiger charge is -2.15. The van der Waals surface area contributed by atoms with Gasteiger partial charge in [-0.15, -0.1) is 0 Å². The molecule has 0 radical (unpaired) electrons. The number of rotatable bonds is 8. The van der Waals surface area contributed by atoms with Gasteiger partial charge in [-0.1, -0.05) is 29.8 Å². The van der Waals surface area contributed by atoms with Gasteiger partial charge in [-0.05, 0) is 56.5 Å². The Kier molecular flexibility index (Phi) is 6.67. The highest BCUT2D eigenvalue weighted by atomic mass is 16.5. The normalized spacial score (nSPS) is 11.6. The Morgan fingerprint density at radius 2 is 1.88 bits per heavy atom. The molecule has 0 aromatic heterocycles. The first-order valence-corrected chi connectivity index (χ1v) is 8.22. The predicted molar refractivity (Wildman–Crippen MR) is 95.6 cm³/mol. The molecular formula is C20H25NO3. The van der Waals surface area contributed by atoms with Crippen LogP contribution < -0.4 is 14.8 Å². The van der Waals surface area contributed by atoms with Crippen molar-refractivity contribution in [3.63, 3.8) is 0 Å². The Morgan fingerprint density at radius 3 is 2.58 bits per heavy atom. The van der Waals surface area contributed by atoms with Gasteiger partial charge in [-0.3, -0.25) is 4.79 Å². The zero-order valence-electron chi connectivity index (χ0n) is 14.5. The van der Waals surface area contributed by atoms with Crippen molar-refractivity contribution in [2.75, 3.05) is 13.7 Å². The first kappa shape index (κ1) is 17.9. The third kappa shape index (κ3) is 5.61. The van der Waals surface area contributed by atoms with E-state index in [9.17, 15) is 4.79 Å². The van der Waals surface area contributed by atoms with Crippen molar-refractivity contribution in [1.82, 2.24) is 5.32 Å². The number of aryl methyl sites for hydroxylation is 2. The van der Waals surface area contributed by atoms with E-state index in [0.29, 0.717) is 12.3 Å². The summed E-state index contributed by atoms with van der Waals surface area (Å²) >= 11 is 0. The van der Waals surface area contributed by atoms with Gasteiger partial charge in [0.1, 0.15) is 11.5 Å². The fourth-order valence-electron chi connectivity index (χ4n) is 2.35. The number of hydrogen-bond donors (Lipinski definition) is 1. The van der Waals surface area contributed by atoms with Gasteiger partial charge in [-0.2, -0.15) is 0 Å². The molecule has 24 heavy (non-hydrogen) atoms. The summed E-state index contributed by atoms with van der Waals surface area (Å²) < 4.78 is 10.9. The molecule has 1 unspecified atom stereocenters. The van der Waals surface area contributed by atoms with E-state index < -0.39 is 6.10 Å². The van der Waals surface area contributed by atoms with Crippen molar-refractivity contribution < 1.29 is 14.3 Å². The molecule has 1 amide bonds. The summed E-state index contributed by atoms with van der Waals surface area (Å²) in [5, 5.41) is 2.92. The number of ether oxygens (including phenoxy) is 2. The molecule has 4 nitrogen and oxygen atoms in total. The number of carbonyl (C=O) groups is 1. The van der Waals surface area contributed by atoms with Crippen molar-refractivity contribution in [1.29, 1.82) is 0 Å². The van der Waals surface area contributed by atoms with Crippen LogP contribution >= 0.6 is 0 Å². The number of carbonyl (C=O) groups excluding carboxylic acids is 1. The highest BCUT2D eigenvalue weighted by Crippen LogP contribution is 2.14. The van der Waals surface area contributed by atoms with E-state index in [1.807, 2.05) is 49.4 Å². The maximum atomic E-state index is 12.1. The SMILES string of the molecule is COc1cccc(CCCNC(=O)C(C)Oc2ccc(C)cc2)c1. The lowest BCUT2D eigenvalue weighted by Crippen LogP contribution is -2.36. The number of benzene rings is 2. The van der Waals surface area contributed by atoms with Crippen LogP contribution in [0.1, 0.15) is 24.5 Å². The summed E-state index contributed by atoms with van der Waals surface area (Å²) in [4.78, 5) is 12.1. The molecule has 2 aromatic rings. The topological polar surface area (TPSA) is 47.6 Å². The van der Waals surface area contributed by atoms with Crippen LogP contribution in [-0.4, -0.2) is 25.7 Å². The van der Waals surface area contributed by atoms with Crippen LogP contribution in [0.2, 0.25) is 0 Å². The lowest BCUT2D eigenvalue weighted by atomic mass is 10.1. The molecule has 0 saturated carbocycles. The molecule has 0 saturated heterocycles. The zero-order chi connectivity index (χ0) is 17.4. The summed E-state index contributed by atoms with van der Waals surface area (Å²) in [7, 11) is 1.66. The van der Waals surface area contributed by atoms with E-state index in [1.54, 1.807) is 14.0 Å². The van der Waals surface area contributed by atoms with Gasteiger partial charge in [0.25, 0.3) is 5.91 Å². The molecule has 0 bridgehead atoms. The van der Waals surface area contributed by atoms with Crippen molar-refractivity contribution in [3.8, 4) is 11.5 Å². The summed E-state index contributed by atoms with van der Waals surface area (Å²) in [6.07, 6.45) is 1.26. The van der Waals surface area contributed by atoms with Crippen molar-refractivity contribution >= 4 is 5.91 Å². The Hall–Kier alpha value is -2.49. The number of hydrogen-bond acceptors (Lipinski definition) is 3. The number of methoxy groups -OCH3 is 1. The second kappa shape index (κ2) is 8.96. The molecule has 1 N–H and O–H groups in total. The molecular weight excluding hydrogens is 302 g/mol. The van der Waals surface area contributed by atoms with E-state index in [4.69, 9.17) is 9.47 Å².